The Kier molecular flexibility index (Phi) is 8.83. The summed E-state index contributed by atoms with van der Waals surface area (Å²) in [6.45, 7) is 8.37. The molecular formula is C33H34Cl2N2O3S. The van der Waals surface area contributed by atoms with E-state index in [9.17, 15) is 8.42 Å². The van der Waals surface area contributed by atoms with Crippen molar-refractivity contribution in [2.24, 2.45) is 0 Å². The molecule has 0 radical (unpaired) electrons. The minimum atomic E-state index is -4.20. The molecule has 1 fully saturated rings. The molecule has 0 N–H and O–H groups in total. The average Bonchev–Trinajstić information content (AvgIpc) is 3.49. The van der Waals surface area contributed by atoms with E-state index in [0.29, 0.717) is 5.69 Å². The van der Waals surface area contributed by atoms with Gasteiger partial charge in [-0.2, -0.15) is 0 Å². The van der Waals surface area contributed by atoms with Crippen molar-refractivity contribution >= 4 is 44.6 Å². The molecule has 4 aromatic rings. The van der Waals surface area contributed by atoms with Gasteiger partial charge in [0.15, 0.2) is 5.75 Å². The number of rotatable bonds is 9. The number of hydrogen-bond donors (Lipinski definition) is 0. The van der Waals surface area contributed by atoms with Gasteiger partial charge in [-0.25, -0.2) is 8.42 Å². The van der Waals surface area contributed by atoms with Gasteiger partial charge in [0, 0.05) is 23.8 Å². The Bertz CT molecular complexity index is 1640. The molecule has 0 bridgehead atoms. The Balaban J connectivity index is 1.67. The molecule has 0 aromatic heterocycles. The van der Waals surface area contributed by atoms with Crippen LogP contribution in [0.5, 0.6) is 5.75 Å². The first-order valence-electron chi connectivity index (χ1n) is 13.7. The van der Waals surface area contributed by atoms with Gasteiger partial charge in [-0.05, 0) is 79.6 Å². The van der Waals surface area contributed by atoms with Crippen molar-refractivity contribution in [2.75, 3.05) is 22.3 Å². The quantitative estimate of drug-likeness (QED) is 0.191. The highest BCUT2D eigenvalue weighted by molar-refractivity contribution is 7.93. The second-order valence-electron chi connectivity index (χ2n) is 10.5. The summed E-state index contributed by atoms with van der Waals surface area (Å²) in [6, 6.07) is 24.1. The highest BCUT2D eigenvalue weighted by Crippen LogP contribution is 2.43. The van der Waals surface area contributed by atoms with Crippen LogP contribution in [0.2, 0.25) is 10.0 Å². The molecule has 5 nitrogen and oxygen atoms in total. The molecule has 1 aliphatic rings. The van der Waals surface area contributed by atoms with Crippen LogP contribution in [0.15, 0.2) is 83.8 Å². The largest absolute Gasteiger partial charge is 0.486 e. The summed E-state index contributed by atoms with van der Waals surface area (Å²) >= 11 is 13.0. The van der Waals surface area contributed by atoms with E-state index < -0.39 is 10.0 Å². The molecule has 5 rings (SSSR count). The summed E-state index contributed by atoms with van der Waals surface area (Å²) in [7, 11) is -4.20. The maximum absolute atomic E-state index is 14.8. The van der Waals surface area contributed by atoms with Crippen LogP contribution in [0.4, 0.5) is 11.4 Å². The fourth-order valence-electron chi connectivity index (χ4n) is 5.45. The molecular weight excluding hydrogens is 575 g/mol. The van der Waals surface area contributed by atoms with Crippen LogP contribution in [0.1, 0.15) is 40.7 Å². The maximum Gasteiger partial charge on any atom is 0.268 e. The molecule has 1 aliphatic heterocycles. The Morgan fingerprint density at radius 2 is 1.44 bits per heavy atom. The number of halogens is 2. The van der Waals surface area contributed by atoms with Gasteiger partial charge in [-0.15, -0.1) is 0 Å². The Morgan fingerprint density at radius 1 is 0.829 bits per heavy atom. The molecule has 0 unspecified atom stereocenters. The fourth-order valence-corrected chi connectivity index (χ4v) is 7.80. The molecule has 8 heteroatoms. The van der Waals surface area contributed by atoms with E-state index in [0.717, 1.165) is 53.9 Å². The SMILES string of the molecule is Cc1cc(N(Cc2ccccc2)S(=O)(=O)c2cc(Cl)cc(Cl)c2OCc2ccccc2)c(C)c(N2CCCC2)c1C. The smallest absolute Gasteiger partial charge is 0.268 e. The first kappa shape index (κ1) is 29.3. The van der Waals surface area contributed by atoms with Crippen molar-refractivity contribution in [3.05, 3.63) is 117 Å². The van der Waals surface area contributed by atoms with Gasteiger partial charge in [0.25, 0.3) is 10.0 Å². The number of anilines is 2. The van der Waals surface area contributed by atoms with Crippen molar-refractivity contribution in [1.82, 2.24) is 0 Å². The van der Waals surface area contributed by atoms with E-state index in [4.69, 9.17) is 27.9 Å². The second kappa shape index (κ2) is 12.4. The minimum absolute atomic E-state index is 0.0674. The van der Waals surface area contributed by atoms with Gasteiger partial charge in [0.2, 0.25) is 0 Å². The molecule has 0 aliphatic carbocycles. The first-order chi connectivity index (χ1) is 19.7. The van der Waals surface area contributed by atoms with Crippen molar-refractivity contribution in [1.29, 1.82) is 0 Å². The molecule has 214 valence electrons. The lowest BCUT2D eigenvalue weighted by Crippen LogP contribution is -2.32. The Hall–Kier alpha value is -3.19. The third kappa shape index (κ3) is 6.20. The zero-order valence-corrected chi connectivity index (χ0v) is 25.9. The molecule has 41 heavy (non-hydrogen) atoms. The predicted molar refractivity (Wildman–Crippen MR) is 169 cm³/mol. The van der Waals surface area contributed by atoms with E-state index in [1.54, 1.807) is 0 Å². The third-order valence-corrected chi connectivity index (χ3v) is 9.93. The number of hydrogen-bond acceptors (Lipinski definition) is 4. The molecule has 1 heterocycles. The van der Waals surface area contributed by atoms with Crippen molar-refractivity contribution < 1.29 is 13.2 Å². The van der Waals surface area contributed by atoms with Gasteiger partial charge < -0.3 is 9.64 Å². The van der Waals surface area contributed by atoms with Crippen LogP contribution in [0.3, 0.4) is 0 Å². The Morgan fingerprint density at radius 3 is 2.07 bits per heavy atom. The van der Waals surface area contributed by atoms with Crippen LogP contribution < -0.4 is 13.9 Å². The number of nitrogens with zero attached hydrogens (tertiary/aromatic N) is 2. The summed E-state index contributed by atoms with van der Waals surface area (Å²) in [5.74, 6) is 0.0826. The lowest BCUT2D eigenvalue weighted by atomic mass is 10.00. The number of benzene rings is 4. The van der Waals surface area contributed by atoms with Crippen molar-refractivity contribution in [2.45, 2.75) is 51.7 Å². The third-order valence-electron chi connectivity index (χ3n) is 7.67. The normalized spacial score (nSPS) is 13.4. The lowest BCUT2D eigenvalue weighted by Gasteiger charge is -2.32. The molecule has 1 saturated heterocycles. The number of aryl methyl sites for hydroxylation is 1. The van der Waals surface area contributed by atoms with E-state index in [1.807, 2.05) is 80.6 Å². The summed E-state index contributed by atoms with van der Waals surface area (Å²) in [6.07, 6.45) is 2.24. The Labute approximate surface area is 253 Å². The number of ether oxygens (including phenoxy) is 1. The summed E-state index contributed by atoms with van der Waals surface area (Å²) in [4.78, 5) is 2.31. The molecule has 0 saturated carbocycles. The zero-order chi connectivity index (χ0) is 29.1. The first-order valence-corrected chi connectivity index (χ1v) is 15.9. The van der Waals surface area contributed by atoms with Gasteiger partial charge in [0.05, 0.1) is 17.3 Å². The highest BCUT2D eigenvalue weighted by Gasteiger charge is 2.33. The van der Waals surface area contributed by atoms with Gasteiger partial charge in [0.1, 0.15) is 11.5 Å². The van der Waals surface area contributed by atoms with Crippen LogP contribution in [-0.4, -0.2) is 21.5 Å². The van der Waals surface area contributed by atoms with Crippen LogP contribution in [-0.2, 0) is 23.2 Å². The van der Waals surface area contributed by atoms with Crippen LogP contribution in [0.25, 0.3) is 0 Å². The van der Waals surface area contributed by atoms with E-state index in [1.165, 1.54) is 22.0 Å². The minimum Gasteiger partial charge on any atom is -0.486 e. The van der Waals surface area contributed by atoms with E-state index in [-0.39, 0.29) is 33.8 Å². The number of sulfonamides is 1. The standard InChI is InChI=1S/C33H34Cl2N2O3S/c1-23-18-30(25(3)32(24(23)2)36-16-10-11-17-36)37(21-26-12-6-4-7-13-26)41(38,39)31-20-28(34)19-29(35)33(31)40-22-27-14-8-5-9-15-27/h4-9,12-15,18-20H,10-11,16-17,21-22H2,1-3H3. The molecule has 0 spiro atoms. The van der Waals surface area contributed by atoms with Gasteiger partial charge in [-0.1, -0.05) is 83.9 Å². The van der Waals surface area contributed by atoms with E-state index >= 15 is 0 Å². The van der Waals surface area contributed by atoms with Crippen LogP contribution >= 0.6 is 23.2 Å². The fraction of sp³-hybridized carbons (Fsp3) is 0.273. The predicted octanol–water partition coefficient (Wildman–Crippen LogP) is 8.49. The van der Waals surface area contributed by atoms with Crippen molar-refractivity contribution in [3.8, 4) is 5.75 Å². The highest BCUT2D eigenvalue weighted by atomic mass is 35.5. The summed E-state index contributed by atoms with van der Waals surface area (Å²) < 4.78 is 37.1. The lowest BCUT2D eigenvalue weighted by molar-refractivity contribution is 0.298. The topological polar surface area (TPSA) is 49.9 Å². The molecule has 0 atom stereocenters. The van der Waals surface area contributed by atoms with E-state index in [2.05, 4.69) is 11.8 Å². The molecule has 0 amide bonds. The van der Waals surface area contributed by atoms with Gasteiger partial charge >= 0.3 is 0 Å². The second-order valence-corrected chi connectivity index (χ2v) is 13.2. The molecule has 4 aromatic carbocycles. The van der Waals surface area contributed by atoms with Crippen molar-refractivity contribution in [3.63, 3.8) is 0 Å². The van der Waals surface area contributed by atoms with Crippen LogP contribution in [0, 0.1) is 20.8 Å². The maximum atomic E-state index is 14.8. The summed E-state index contributed by atoms with van der Waals surface area (Å²) in [5.41, 5.74) is 6.61. The average molecular weight is 610 g/mol. The monoisotopic (exact) mass is 608 g/mol. The van der Waals surface area contributed by atoms with Gasteiger partial charge in [-0.3, -0.25) is 4.31 Å². The summed E-state index contributed by atoms with van der Waals surface area (Å²) in [5, 5.41) is 0.357. The zero-order valence-electron chi connectivity index (χ0n) is 23.5.